The number of nitrogens with one attached hydrogen (secondary N) is 3. The minimum Gasteiger partial charge on any atom is -0.371 e. The maximum atomic E-state index is 4.20. The van der Waals surface area contributed by atoms with E-state index in [1.807, 2.05) is 0 Å². The zero-order valence-corrected chi connectivity index (χ0v) is 9.32. The van der Waals surface area contributed by atoms with E-state index in [1.54, 1.807) is 7.05 Å². The third kappa shape index (κ3) is 2.11. The Kier molecular flexibility index (Phi) is 3.31. The molecule has 0 radical (unpaired) electrons. The van der Waals surface area contributed by atoms with E-state index in [1.165, 1.54) is 6.33 Å². The van der Waals surface area contributed by atoms with E-state index in [-0.39, 0.29) is 0 Å². The van der Waals surface area contributed by atoms with Gasteiger partial charge in [0.15, 0.2) is 11.6 Å². The van der Waals surface area contributed by atoms with Crippen LogP contribution in [0.2, 0.25) is 0 Å². The lowest BCUT2D eigenvalue weighted by Gasteiger charge is -2.14. The molecule has 0 aliphatic carbocycles. The topological polar surface area (TPSA) is 74.2 Å². The molecule has 0 bridgehead atoms. The molecule has 1 atom stereocenters. The van der Waals surface area contributed by atoms with Crippen molar-refractivity contribution in [1.29, 1.82) is 0 Å². The average Bonchev–Trinajstić information content (AvgIpc) is 2.81. The summed E-state index contributed by atoms with van der Waals surface area (Å²) < 4.78 is 0. The number of hydrogen-bond acceptors (Lipinski definition) is 6. The van der Waals surface area contributed by atoms with E-state index >= 15 is 0 Å². The molecule has 86 valence electrons. The summed E-state index contributed by atoms with van der Waals surface area (Å²) in [5.41, 5.74) is 0.678. The Bertz CT molecular complexity index is 372. The van der Waals surface area contributed by atoms with Gasteiger partial charge < -0.3 is 16.0 Å². The summed E-state index contributed by atoms with van der Waals surface area (Å²) in [5.74, 6) is 1.43. The molecule has 1 aromatic heterocycles. The van der Waals surface area contributed by atoms with Crippen LogP contribution >= 0.6 is 0 Å². The van der Waals surface area contributed by atoms with Crippen molar-refractivity contribution in [2.24, 2.45) is 4.99 Å². The van der Waals surface area contributed by atoms with E-state index in [2.05, 4.69) is 37.6 Å². The fourth-order valence-corrected chi connectivity index (χ4v) is 1.79. The Labute approximate surface area is 94.6 Å². The monoisotopic (exact) mass is 220 g/mol. The lowest BCUT2D eigenvalue weighted by Crippen LogP contribution is -2.22. The van der Waals surface area contributed by atoms with Crippen LogP contribution in [-0.4, -0.2) is 42.9 Å². The highest BCUT2D eigenvalue weighted by Gasteiger charge is 2.17. The van der Waals surface area contributed by atoms with Gasteiger partial charge in [0.25, 0.3) is 0 Å². The van der Waals surface area contributed by atoms with Crippen LogP contribution in [0.3, 0.4) is 0 Å². The fraction of sp³-hybridized carbons (Fsp3) is 0.500. The number of rotatable bonds is 4. The van der Waals surface area contributed by atoms with Gasteiger partial charge in [-0.2, -0.15) is 0 Å². The van der Waals surface area contributed by atoms with Crippen LogP contribution in [0.1, 0.15) is 6.42 Å². The molecular weight excluding hydrogens is 204 g/mol. The Morgan fingerprint density at radius 3 is 2.94 bits per heavy atom. The van der Waals surface area contributed by atoms with Gasteiger partial charge >= 0.3 is 0 Å². The number of hydrogen-bond donors (Lipinski definition) is 3. The third-order valence-corrected chi connectivity index (χ3v) is 2.62. The number of anilines is 2. The zero-order valence-electron chi connectivity index (χ0n) is 9.32. The van der Waals surface area contributed by atoms with Crippen molar-refractivity contribution in [3.8, 4) is 0 Å². The molecule has 0 amide bonds. The second kappa shape index (κ2) is 4.89. The van der Waals surface area contributed by atoms with E-state index < -0.39 is 0 Å². The van der Waals surface area contributed by atoms with Crippen LogP contribution in [0.4, 0.5) is 17.3 Å². The molecule has 6 nitrogen and oxygen atoms in total. The molecule has 1 aliphatic rings. The zero-order chi connectivity index (χ0) is 11.4. The molecule has 1 saturated heterocycles. The largest absolute Gasteiger partial charge is 0.371 e. The van der Waals surface area contributed by atoms with Gasteiger partial charge in [-0.15, -0.1) is 0 Å². The summed E-state index contributed by atoms with van der Waals surface area (Å²) in [6, 6.07) is 0.403. The van der Waals surface area contributed by atoms with E-state index in [0.29, 0.717) is 17.5 Å². The quantitative estimate of drug-likeness (QED) is 0.649. The summed E-state index contributed by atoms with van der Waals surface area (Å²) in [6.07, 6.45) is 2.61. The van der Waals surface area contributed by atoms with Crippen molar-refractivity contribution < 1.29 is 0 Å². The maximum absolute atomic E-state index is 4.20. The fourth-order valence-electron chi connectivity index (χ4n) is 1.79. The summed E-state index contributed by atoms with van der Waals surface area (Å²) in [4.78, 5) is 12.3. The molecule has 1 aromatic rings. The second-order valence-electron chi connectivity index (χ2n) is 3.66. The van der Waals surface area contributed by atoms with Gasteiger partial charge in [-0.3, -0.25) is 4.99 Å². The predicted octanol–water partition coefficient (Wildman–Crippen LogP) is 0.624. The smallest absolute Gasteiger partial charge is 0.157 e. The van der Waals surface area contributed by atoms with Gasteiger partial charge in [-0.25, -0.2) is 9.97 Å². The average molecular weight is 220 g/mol. The second-order valence-corrected chi connectivity index (χ2v) is 3.66. The van der Waals surface area contributed by atoms with Crippen molar-refractivity contribution in [3.63, 3.8) is 0 Å². The number of nitrogens with zero attached hydrogens (tertiary/aromatic N) is 3. The lowest BCUT2D eigenvalue weighted by atomic mass is 10.2. The Hall–Kier alpha value is -1.69. The SMILES string of the molecule is C=Nc1c(NC)ncnc1NC1CCNC1. The van der Waals surface area contributed by atoms with Crippen LogP contribution in [0.15, 0.2) is 11.3 Å². The minimum absolute atomic E-state index is 0.403. The summed E-state index contributed by atoms with van der Waals surface area (Å²) >= 11 is 0. The van der Waals surface area contributed by atoms with Crippen LogP contribution in [-0.2, 0) is 0 Å². The van der Waals surface area contributed by atoms with Gasteiger partial charge in [-0.1, -0.05) is 0 Å². The molecule has 1 aliphatic heterocycles. The van der Waals surface area contributed by atoms with E-state index in [9.17, 15) is 0 Å². The van der Waals surface area contributed by atoms with Gasteiger partial charge in [0.1, 0.15) is 12.0 Å². The molecule has 0 saturated carbocycles. The van der Waals surface area contributed by atoms with Crippen LogP contribution in [0.5, 0.6) is 0 Å². The lowest BCUT2D eigenvalue weighted by molar-refractivity contribution is 0.787. The highest BCUT2D eigenvalue weighted by atomic mass is 15.1. The third-order valence-electron chi connectivity index (χ3n) is 2.62. The first-order valence-electron chi connectivity index (χ1n) is 5.32. The standard InChI is InChI=1S/C10H16N6/c1-11-8-9(12-2)14-6-15-10(8)16-7-3-4-13-5-7/h6-7,13H,1,3-5H2,2H3,(H2,12,14,15,16). The van der Waals surface area contributed by atoms with Gasteiger partial charge in [0.05, 0.1) is 0 Å². The van der Waals surface area contributed by atoms with Crippen molar-refractivity contribution in [2.75, 3.05) is 30.8 Å². The predicted molar refractivity (Wildman–Crippen MR) is 65.7 cm³/mol. The van der Waals surface area contributed by atoms with Crippen LogP contribution in [0, 0.1) is 0 Å². The Morgan fingerprint density at radius 1 is 1.50 bits per heavy atom. The van der Waals surface area contributed by atoms with Gasteiger partial charge in [-0.05, 0) is 19.7 Å². The molecule has 16 heavy (non-hydrogen) atoms. The number of aliphatic imine (C=N–C) groups is 1. The molecule has 6 heteroatoms. The van der Waals surface area contributed by atoms with Crippen molar-refractivity contribution in [2.45, 2.75) is 12.5 Å². The van der Waals surface area contributed by atoms with Crippen molar-refractivity contribution in [1.82, 2.24) is 15.3 Å². The highest BCUT2D eigenvalue weighted by molar-refractivity contribution is 5.75. The summed E-state index contributed by atoms with van der Waals surface area (Å²) in [6.45, 7) is 5.54. The maximum Gasteiger partial charge on any atom is 0.157 e. The van der Waals surface area contributed by atoms with Gasteiger partial charge in [0.2, 0.25) is 0 Å². The molecule has 1 fully saturated rings. The van der Waals surface area contributed by atoms with Crippen molar-refractivity contribution in [3.05, 3.63) is 6.33 Å². The molecular formula is C10H16N6. The van der Waals surface area contributed by atoms with Crippen LogP contribution in [0.25, 0.3) is 0 Å². The Morgan fingerprint density at radius 2 is 2.31 bits per heavy atom. The molecule has 3 N–H and O–H groups in total. The summed E-state index contributed by atoms with van der Waals surface area (Å²) in [7, 11) is 1.80. The molecule has 1 unspecified atom stereocenters. The first kappa shape index (κ1) is 10.8. The molecule has 2 heterocycles. The first-order chi connectivity index (χ1) is 7.85. The molecule has 2 rings (SSSR count). The number of aromatic nitrogens is 2. The highest BCUT2D eigenvalue weighted by Crippen LogP contribution is 2.29. The van der Waals surface area contributed by atoms with Gasteiger partial charge in [0, 0.05) is 19.6 Å². The summed E-state index contributed by atoms with van der Waals surface area (Å²) in [5, 5.41) is 9.61. The molecule has 0 spiro atoms. The van der Waals surface area contributed by atoms with Crippen molar-refractivity contribution >= 4 is 24.0 Å². The Balaban J connectivity index is 2.21. The minimum atomic E-state index is 0.403. The normalized spacial score (nSPS) is 19.4. The van der Waals surface area contributed by atoms with E-state index in [0.717, 1.165) is 25.3 Å². The van der Waals surface area contributed by atoms with Crippen LogP contribution < -0.4 is 16.0 Å². The molecule has 0 aromatic carbocycles. The van der Waals surface area contributed by atoms with E-state index in [4.69, 9.17) is 0 Å². The first-order valence-corrected chi connectivity index (χ1v) is 5.32.